The van der Waals surface area contributed by atoms with Gasteiger partial charge in [-0.15, -0.1) is 0 Å². The summed E-state index contributed by atoms with van der Waals surface area (Å²) in [5.41, 5.74) is 5.97. The highest BCUT2D eigenvalue weighted by Gasteiger charge is 2.11. The van der Waals surface area contributed by atoms with Crippen molar-refractivity contribution in [3.8, 4) is 0 Å². The SMILES string of the molecule is Cc1c(N)cc(C(=O)NCCS(N)(=O)=O)cc1F. The van der Waals surface area contributed by atoms with Crippen LogP contribution in [0.25, 0.3) is 0 Å². The molecular weight excluding hydrogens is 261 g/mol. The molecule has 1 rings (SSSR count). The lowest BCUT2D eigenvalue weighted by Crippen LogP contribution is -2.31. The second-order valence-electron chi connectivity index (χ2n) is 3.80. The summed E-state index contributed by atoms with van der Waals surface area (Å²) < 4.78 is 34.6. The summed E-state index contributed by atoms with van der Waals surface area (Å²) in [6.45, 7) is 1.35. The van der Waals surface area contributed by atoms with Crippen molar-refractivity contribution >= 4 is 21.6 Å². The highest BCUT2D eigenvalue weighted by molar-refractivity contribution is 7.89. The van der Waals surface area contributed by atoms with E-state index in [1.54, 1.807) is 0 Å². The van der Waals surface area contributed by atoms with Gasteiger partial charge in [0.2, 0.25) is 10.0 Å². The topological polar surface area (TPSA) is 115 Å². The number of halogens is 1. The normalized spacial score (nSPS) is 11.3. The van der Waals surface area contributed by atoms with Crippen molar-refractivity contribution in [1.82, 2.24) is 5.32 Å². The van der Waals surface area contributed by atoms with E-state index in [1.165, 1.54) is 13.0 Å². The van der Waals surface area contributed by atoms with E-state index in [0.717, 1.165) is 6.07 Å². The number of benzene rings is 1. The van der Waals surface area contributed by atoms with E-state index < -0.39 is 21.7 Å². The number of hydrogen-bond donors (Lipinski definition) is 3. The first-order valence-electron chi connectivity index (χ1n) is 5.05. The van der Waals surface area contributed by atoms with Gasteiger partial charge in [0.1, 0.15) is 5.82 Å². The van der Waals surface area contributed by atoms with Crippen LogP contribution in [-0.4, -0.2) is 26.6 Å². The van der Waals surface area contributed by atoms with Gasteiger partial charge in [0.15, 0.2) is 0 Å². The molecule has 0 aliphatic rings. The van der Waals surface area contributed by atoms with E-state index in [9.17, 15) is 17.6 Å². The number of amides is 1. The largest absolute Gasteiger partial charge is 0.398 e. The van der Waals surface area contributed by atoms with Gasteiger partial charge >= 0.3 is 0 Å². The van der Waals surface area contributed by atoms with Crippen LogP contribution in [0.2, 0.25) is 0 Å². The van der Waals surface area contributed by atoms with Gasteiger partial charge in [-0.3, -0.25) is 4.79 Å². The minimum atomic E-state index is -3.64. The van der Waals surface area contributed by atoms with E-state index in [1.807, 2.05) is 0 Å². The Hall–Kier alpha value is -1.67. The quantitative estimate of drug-likeness (QED) is 0.656. The molecule has 1 aromatic carbocycles. The van der Waals surface area contributed by atoms with Gasteiger partial charge in [-0.2, -0.15) is 0 Å². The Morgan fingerprint density at radius 1 is 1.44 bits per heavy atom. The standard InChI is InChI=1S/C10H14FN3O3S/c1-6-8(11)4-7(5-9(6)12)10(15)14-2-3-18(13,16)17/h4-5H,2-3,12H2,1H3,(H,14,15)(H2,13,16,17). The van der Waals surface area contributed by atoms with Gasteiger partial charge in [-0.1, -0.05) is 0 Å². The zero-order chi connectivity index (χ0) is 13.9. The maximum Gasteiger partial charge on any atom is 0.251 e. The summed E-state index contributed by atoms with van der Waals surface area (Å²) in [7, 11) is -3.64. The first kappa shape index (κ1) is 14.4. The van der Waals surface area contributed by atoms with Crippen molar-refractivity contribution < 1.29 is 17.6 Å². The number of nitrogen functional groups attached to an aromatic ring is 1. The van der Waals surface area contributed by atoms with E-state index in [-0.39, 0.29) is 29.1 Å². The summed E-state index contributed by atoms with van der Waals surface area (Å²) in [5, 5.41) is 7.08. The molecule has 0 bridgehead atoms. The Balaban J connectivity index is 2.74. The van der Waals surface area contributed by atoms with Crippen molar-refractivity contribution in [2.75, 3.05) is 18.0 Å². The minimum Gasteiger partial charge on any atom is -0.398 e. The molecule has 0 aromatic heterocycles. The number of sulfonamides is 1. The number of nitrogens with one attached hydrogen (secondary N) is 1. The summed E-state index contributed by atoms with van der Waals surface area (Å²) in [4.78, 5) is 11.6. The second-order valence-corrected chi connectivity index (χ2v) is 5.53. The van der Waals surface area contributed by atoms with Crippen LogP contribution in [0.3, 0.4) is 0 Å². The molecule has 8 heteroatoms. The fraction of sp³-hybridized carbons (Fsp3) is 0.300. The number of nitrogens with two attached hydrogens (primary N) is 2. The predicted molar refractivity (Wildman–Crippen MR) is 65.9 cm³/mol. The van der Waals surface area contributed by atoms with Crippen molar-refractivity contribution in [3.05, 3.63) is 29.1 Å². The number of carbonyl (C=O) groups is 1. The molecule has 0 radical (unpaired) electrons. The zero-order valence-electron chi connectivity index (χ0n) is 9.73. The molecule has 0 fully saturated rings. The van der Waals surface area contributed by atoms with Crippen molar-refractivity contribution in [3.63, 3.8) is 0 Å². The molecule has 0 unspecified atom stereocenters. The number of rotatable bonds is 4. The second kappa shape index (κ2) is 5.32. The fourth-order valence-electron chi connectivity index (χ4n) is 1.24. The summed E-state index contributed by atoms with van der Waals surface area (Å²) in [6.07, 6.45) is 0. The van der Waals surface area contributed by atoms with E-state index in [0.29, 0.717) is 0 Å². The third kappa shape index (κ3) is 3.97. The molecule has 0 atom stereocenters. The van der Waals surface area contributed by atoms with Gasteiger partial charge in [-0.05, 0) is 19.1 Å². The van der Waals surface area contributed by atoms with E-state index in [4.69, 9.17) is 10.9 Å². The average Bonchev–Trinajstić information content (AvgIpc) is 2.23. The maximum atomic E-state index is 13.3. The molecule has 0 aliphatic heterocycles. The summed E-state index contributed by atoms with van der Waals surface area (Å²) in [5.74, 6) is -1.58. The number of primary sulfonamides is 1. The molecule has 1 aromatic rings. The van der Waals surface area contributed by atoms with E-state index in [2.05, 4.69) is 5.32 Å². The first-order chi connectivity index (χ1) is 8.20. The Morgan fingerprint density at radius 2 is 2.06 bits per heavy atom. The van der Waals surface area contributed by atoms with Crippen LogP contribution in [0.1, 0.15) is 15.9 Å². The van der Waals surface area contributed by atoms with Crippen molar-refractivity contribution in [2.45, 2.75) is 6.92 Å². The molecule has 0 heterocycles. The smallest absolute Gasteiger partial charge is 0.251 e. The summed E-state index contributed by atoms with van der Waals surface area (Å²) >= 11 is 0. The Morgan fingerprint density at radius 3 is 2.56 bits per heavy atom. The molecule has 0 aliphatic carbocycles. The first-order valence-corrected chi connectivity index (χ1v) is 6.76. The molecule has 100 valence electrons. The molecule has 0 saturated heterocycles. The van der Waals surface area contributed by atoms with E-state index >= 15 is 0 Å². The maximum absolute atomic E-state index is 13.3. The number of hydrogen-bond acceptors (Lipinski definition) is 4. The van der Waals surface area contributed by atoms with Crippen LogP contribution in [0, 0.1) is 12.7 Å². The number of carbonyl (C=O) groups excluding carboxylic acids is 1. The van der Waals surface area contributed by atoms with Crippen molar-refractivity contribution in [1.29, 1.82) is 0 Å². The average molecular weight is 275 g/mol. The van der Waals surface area contributed by atoms with Crippen LogP contribution >= 0.6 is 0 Å². The van der Waals surface area contributed by atoms with Gasteiger partial charge in [0.05, 0.1) is 5.75 Å². The van der Waals surface area contributed by atoms with Gasteiger partial charge in [-0.25, -0.2) is 17.9 Å². The van der Waals surface area contributed by atoms with Crippen LogP contribution in [0.4, 0.5) is 10.1 Å². The van der Waals surface area contributed by atoms with Crippen molar-refractivity contribution in [2.24, 2.45) is 5.14 Å². The van der Waals surface area contributed by atoms with Crippen LogP contribution in [0.5, 0.6) is 0 Å². The number of anilines is 1. The minimum absolute atomic E-state index is 0.0324. The molecule has 5 N–H and O–H groups in total. The lowest BCUT2D eigenvalue weighted by Gasteiger charge is -2.07. The molecule has 0 spiro atoms. The Kier molecular flexibility index (Phi) is 4.25. The Bertz CT molecular complexity index is 549. The predicted octanol–water partition coefficient (Wildman–Crippen LogP) is -0.265. The van der Waals surface area contributed by atoms with Gasteiger partial charge in [0.25, 0.3) is 5.91 Å². The highest BCUT2D eigenvalue weighted by Crippen LogP contribution is 2.17. The lowest BCUT2D eigenvalue weighted by atomic mass is 10.1. The highest BCUT2D eigenvalue weighted by atomic mass is 32.2. The Labute approximate surface area is 104 Å². The summed E-state index contributed by atoms with van der Waals surface area (Å²) in [6, 6.07) is 2.36. The molecule has 1 amide bonds. The zero-order valence-corrected chi connectivity index (χ0v) is 10.6. The fourth-order valence-corrected chi connectivity index (χ4v) is 1.63. The van der Waals surface area contributed by atoms with Crippen LogP contribution in [-0.2, 0) is 10.0 Å². The van der Waals surface area contributed by atoms with Crippen LogP contribution in [0.15, 0.2) is 12.1 Å². The molecule has 18 heavy (non-hydrogen) atoms. The molecule has 6 nitrogen and oxygen atoms in total. The lowest BCUT2D eigenvalue weighted by molar-refractivity contribution is 0.0955. The van der Waals surface area contributed by atoms with Crippen LogP contribution < -0.4 is 16.2 Å². The third-order valence-corrected chi connectivity index (χ3v) is 3.09. The monoisotopic (exact) mass is 275 g/mol. The third-order valence-electron chi connectivity index (χ3n) is 2.32. The molecular formula is C10H14FN3O3S. The molecule has 0 saturated carbocycles. The van der Waals surface area contributed by atoms with Gasteiger partial charge < -0.3 is 11.1 Å². The van der Waals surface area contributed by atoms with Gasteiger partial charge in [0, 0.05) is 23.4 Å².